The largest absolute Gasteiger partial charge is 0.496 e. The van der Waals surface area contributed by atoms with Crippen molar-refractivity contribution in [2.75, 3.05) is 21.3 Å². The third-order valence-electron chi connectivity index (χ3n) is 3.71. The van der Waals surface area contributed by atoms with Crippen molar-refractivity contribution in [3.05, 3.63) is 17.7 Å². The summed E-state index contributed by atoms with van der Waals surface area (Å²) >= 11 is 1.18. The van der Waals surface area contributed by atoms with E-state index >= 15 is 0 Å². The Morgan fingerprint density at radius 2 is 1.59 bits per heavy atom. The number of hydrogen-bond donors (Lipinski definition) is 1. The maximum atomic E-state index is 12.5. The van der Waals surface area contributed by atoms with E-state index in [1.54, 1.807) is 32.9 Å². The third kappa shape index (κ3) is 6.53. The highest BCUT2D eigenvalue weighted by atomic mass is 32.2. The molecule has 27 heavy (non-hydrogen) atoms. The summed E-state index contributed by atoms with van der Waals surface area (Å²) in [7, 11) is 4.58. The fraction of sp³-hybridized carbons (Fsp3) is 0.579. The number of aliphatic carboxylic acids is 1. The average Bonchev–Trinajstić information content (AvgIpc) is 2.59. The first-order valence-corrected chi connectivity index (χ1v) is 9.45. The molecule has 1 aromatic rings. The van der Waals surface area contributed by atoms with Crippen molar-refractivity contribution in [1.82, 2.24) is 0 Å². The minimum Gasteiger partial charge on any atom is -0.496 e. The standard InChI is InChI=1S/C19H28O7S/c1-11(17(20)21)16(18(22)26-19(2,3)4)27-10-13-14(24-6)8-12(23-5)9-15(13)25-7/h8-9,11,16H,10H2,1-7H3,(H,20,21)/t11-,16+/m0/s1. The predicted octanol–water partition coefficient (Wildman–Crippen LogP) is 3.38. The van der Waals surface area contributed by atoms with Crippen LogP contribution in [-0.4, -0.2) is 49.2 Å². The maximum absolute atomic E-state index is 12.5. The van der Waals surface area contributed by atoms with Crippen molar-refractivity contribution in [3.63, 3.8) is 0 Å². The van der Waals surface area contributed by atoms with Crippen LogP contribution in [0, 0.1) is 5.92 Å². The fourth-order valence-corrected chi connectivity index (χ4v) is 3.52. The molecule has 8 heteroatoms. The number of carbonyl (C=O) groups excluding carboxylic acids is 1. The smallest absolute Gasteiger partial charge is 0.320 e. The van der Waals surface area contributed by atoms with Gasteiger partial charge in [-0.3, -0.25) is 9.59 Å². The molecule has 0 bridgehead atoms. The van der Waals surface area contributed by atoms with Crippen molar-refractivity contribution in [3.8, 4) is 17.2 Å². The highest BCUT2D eigenvalue weighted by Crippen LogP contribution is 2.38. The number of thioether (sulfide) groups is 1. The Hall–Kier alpha value is -2.09. The topological polar surface area (TPSA) is 91.3 Å². The molecule has 1 N–H and O–H groups in total. The molecule has 1 aromatic carbocycles. The van der Waals surface area contributed by atoms with Gasteiger partial charge in [0.2, 0.25) is 0 Å². The molecule has 0 heterocycles. The minimum absolute atomic E-state index is 0.303. The van der Waals surface area contributed by atoms with E-state index in [0.29, 0.717) is 28.6 Å². The van der Waals surface area contributed by atoms with Gasteiger partial charge in [-0.25, -0.2) is 0 Å². The van der Waals surface area contributed by atoms with Gasteiger partial charge in [0.25, 0.3) is 0 Å². The molecule has 0 spiro atoms. The van der Waals surface area contributed by atoms with Gasteiger partial charge in [0.05, 0.1) is 27.2 Å². The van der Waals surface area contributed by atoms with Crippen LogP contribution in [-0.2, 0) is 20.1 Å². The summed E-state index contributed by atoms with van der Waals surface area (Å²) < 4.78 is 21.4. The van der Waals surface area contributed by atoms with E-state index in [2.05, 4.69) is 0 Å². The lowest BCUT2D eigenvalue weighted by atomic mass is 10.1. The number of rotatable bonds is 9. The van der Waals surface area contributed by atoms with Crippen molar-refractivity contribution in [2.45, 2.75) is 44.3 Å². The first kappa shape index (κ1) is 23.0. The number of esters is 1. The number of methoxy groups -OCH3 is 3. The molecule has 7 nitrogen and oxygen atoms in total. The molecule has 0 aliphatic heterocycles. The molecular weight excluding hydrogens is 372 g/mol. The zero-order valence-electron chi connectivity index (χ0n) is 16.8. The second kappa shape index (κ2) is 9.73. The second-order valence-corrected chi connectivity index (χ2v) is 8.03. The van der Waals surface area contributed by atoms with Gasteiger partial charge in [-0.1, -0.05) is 6.92 Å². The van der Waals surface area contributed by atoms with Crippen LogP contribution in [0.5, 0.6) is 17.2 Å². The SMILES string of the molecule is COc1cc(OC)c(CS[C@@H](C(=O)OC(C)(C)C)[C@H](C)C(=O)O)c(OC)c1. The van der Waals surface area contributed by atoms with Crippen LogP contribution in [0.25, 0.3) is 0 Å². The van der Waals surface area contributed by atoms with Crippen molar-refractivity contribution in [2.24, 2.45) is 5.92 Å². The molecule has 2 atom stereocenters. The molecule has 0 aromatic heterocycles. The zero-order valence-corrected chi connectivity index (χ0v) is 17.6. The number of carbonyl (C=O) groups is 2. The predicted molar refractivity (Wildman–Crippen MR) is 104 cm³/mol. The molecule has 0 radical (unpaired) electrons. The highest BCUT2D eigenvalue weighted by Gasteiger charge is 2.34. The van der Waals surface area contributed by atoms with Gasteiger partial charge < -0.3 is 24.1 Å². The van der Waals surface area contributed by atoms with Gasteiger partial charge >= 0.3 is 11.9 Å². The van der Waals surface area contributed by atoms with E-state index < -0.39 is 28.7 Å². The van der Waals surface area contributed by atoms with E-state index in [0.717, 1.165) is 0 Å². The van der Waals surface area contributed by atoms with Crippen LogP contribution in [0.3, 0.4) is 0 Å². The molecule has 0 amide bonds. The van der Waals surface area contributed by atoms with Gasteiger partial charge in [0.1, 0.15) is 28.1 Å². The maximum Gasteiger partial charge on any atom is 0.320 e. The highest BCUT2D eigenvalue weighted by molar-refractivity contribution is 7.99. The Morgan fingerprint density at radius 1 is 1.07 bits per heavy atom. The van der Waals surface area contributed by atoms with Gasteiger partial charge in [0.15, 0.2) is 0 Å². The van der Waals surface area contributed by atoms with E-state index in [-0.39, 0.29) is 0 Å². The van der Waals surface area contributed by atoms with Gasteiger partial charge in [-0.05, 0) is 20.8 Å². The number of carboxylic acids is 1. The number of ether oxygens (including phenoxy) is 4. The molecule has 0 saturated heterocycles. The number of benzene rings is 1. The van der Waals surface area contributed by atoms with Crippen LogP contribution in [0.4, 0.5) is 0 Å². The lowest BCUT2D eigenvalue weighted by molar-refractivity contribution is -0.158. The first-order chi connectivity index (χ1) is 12.5. The normalized spacial score (nSPS) is 13.4. The molecule has 0 aliphatic rings. The molecule has 0 fully saturated rings. The molecule has 152 valence electrons. The molecule has 0 unspecified atom stereocenters. The third-order valence-corrected chi connectivity index (χ3v) is 5.12. The van der Waals surface area contributed by atoms with Crippen LogP contribution < -0.4 is 14.2 Å². The molecule has 0 aliphatic carbocycles. The Balaban J connectivity index is 3.14. The lowest BCUT2D eigenvalue weighted by Crippen LogP contribution is -2.36. The molecule has 1 rings (SSSR count). The van der Waals surface area contributed by atoms with Crippen LogP contribution in [0.1, 0.15) is 33.3 Å². The number of hydrogen-bond acceptors (Lipinski definition) is 7. The Kier molecular flexibility index (Phi) is 8.27. The summed E-state index contributed by atoms with van der Waals surface area (Å²) in [5.74, 6) is -0.604. The lowest BCUT2D eigenvalue weighted by Gasteiger charge is -2.26. The van der Waals surface area contributed by atoms with Gasteiger partial charge in [-0.15, -0.1) is 11.8 Å². The van der Waals surface area contributed by atoms with Crippen molar-refractivity contribution in [1.29, 1.82) is 0 Å². The first-order valence-electron chi connectivity index (χ1n) is 8.40. The Labute approximate surface area is 164 Å². The summed E-state index contributed by atoms with van der Waals surface area (Å²) in [5.41, 5.74) is 0.000755. The van der Waals surface area contributed by atoms with Gasteiger partial charge in [-0.2, -0.15) is 0 Å². The Morgan fingerprint density at radius 3 is 1.96 bits per heavy atom. The monoisotopic (exact) mass is 400 g/mol. The average molecular weight is 400 g/mol. The zero-order chi connectivity index (χ0) is 20.8. The van der Waals surface area contributed by atoms with Crippen molar-refractivity contribution < 1.29 is 33.6 Å². The Bertz CT molecular complexity index is 642. The molecule has 0 saturated carbocycles. The molecular formula is C19H28O7S. The van der Waals surface area contributed by atoms with Crippen molar-refractivity contribution >= 4 is 23.7 Å². The van der Waals surface area contributed by atoms with E-state index in [1.165, 1.54) is 40.0 Å². The number of carboxylic acid groups (broad SMARTS) is 1. The fourth-order valence-electron chi connectivity index (χ4n) is 2.30. The van der Waals surface area contributed by atoms with Gasteiger partial charge in [0, 0.05) is 23.4 Å². The summed E-state index contributed by atoms with van der Waals surface area (Å²) in [4.78, 5) is 24.0. The summed E-state index contributed by atoms with van der Waals surface area (Å²) in [6.07, 6.45) is 0. The minimum atomic E-state index is -1.06. The summed E-state index contributed by atoms with van der Waals surface area (Å²) in [5, 5.41) is 8.50. The summed E-state index contributed by atoms with van der Waals surface area (Å²) in [6.45, 7) is 6.72. The van der Waals surface area contributed by atoms with E-state index in [1.807, 2.05) is 0 Å². The summed E-state index contributed by atoms with van der Waals surface area (Å²) in [6, 6.07) is 3.42. The van der Waals surface area contributed by atoms with E-state index in [9.17, 15) is 14.7 Å². The van der Waals surface area contributed by atoms with Crippen LogP contribution in [0.2, 0.25) is 0 Å². The van der Waals surface area contributed by atoms with Crippen LogP contribution in [0.15, 0.2) is 12.1 Å². The van der Waals surface area contributed by atoms with Crippen LogP contribution >= 0.6 is 11.8 Å². The van der Waals surface area contributed by atoms with E-state index in [4.69, 9.17) is 18.9 Å². The second-order valence-electron chi connectivity index (χ2n) is 6.90. The quantitative estimate of drug-likeness (QED) is 0.631.